The van der Waals surface area contributed by atoms with Crippen molar-refractivity contribution >= 4 is 11.8 Å². The molecule has 1 aliphatic heterocycles. The van der Waals surface area contributed by atoms with Crippen molar-refractivity contribution in [1.82, 2.24) is 4.90 Å². The molecular weight excluding hydrogens is 166 g/mol. The van der Waals surface area contributed by atoms with E-state index in [-0.39, 0.29) is 0 Å². The summed E-state index contributed by atoms with van der Waals surface area (Å²) in [7, 11) is 0. The third-order valence-corrected chi connectivity index (χ3v) is 3.04. The van der Waals surface area contributed by atoms with Crippen LogP contribution in [0.4, 0.5) is 0 Å². The maximum Gasteiger partial charge on any atom is 0.0266 e. The van der Waals surface area contributed by atoms with Gasteiger partial charge in [-0.15, -0.1) is 0 Å². The summed E-state index contributed by atoms with van der Waals surface area (Å²) in [5.41, 5.74) is 1.34. The highest BCUT2D eigenvalue weighted by Gasteiger charge is 2.12. The fraction of sp³-hybridized carbons (Fsp3) is 0.800. The van der Waals surface area contributed by atoms with E-state index < -0.39 is 0 Å². The fourth-order valence-corrected chi connectivity index (χ4v) is 2.38. The normalized spacial score (nSPS) is 18.4. The van der Waals surface area contributed by atoms with Gasteiger partial charge in [-0.2, -0.15) is 11.8 Å². The van der Waals surface area contributed by atoms with Crippen LogP contribution < -0.4 is 0 Å². The summed E-state index contributed by atoms with van der Waals surface area (Å²) in [5.74, 6) is 3.29. The smallest absolute Gasteiger partial charge is 0.0266 e. The molecule has 1 heterocycles. The number of hydrogen-bond acceptors (Lipinski definition) is 2. The maximum absolute atomic E-state index is 4.14. The molecule has 2 heteroatoms. The Hall–Kier alpha value is -0.110. The van der Waals surface area contributed by atoms with E-state index in [1.165, 1.54) is 30.3 Å². The van der Waals surface area contributed by atoms with Crippen molar-refractivity contribution in [2.75, 3.05) is 24.6 Å². The topological polar surface area (TPSA) is 3.24 Å². The van der Waals surface area contributed by atoms with E-state index in [2.05, 4.69) is 37.1 Å². The molecule has 0 aromatic carbocycles. The second-order valence-corrected chi connectivity index (χ2v) is 4.99. The van der Waals surface area contributed by atoms with Crippen LogP contribution in [0.3, 0.4) is 0 Å². The monoisotopic (exact) mass is 185 g/mol. The van der Waals surface area contributed by atoms with Crippen molar-refractivity contribution in [2.24, 2.45) is 5.92 Å². The standard InChI is InChI=1S/C10H19NS/c1-9(2)8-10(3)11-4-6-12-7-5-11/h9H,3-8H2,1-2H3. The van der Waals surface area contributed by atoms with Gasteiger partial charge in [0.05, 0.1) is 0 Å². The first kappa shape index (κ1) is 9.97. The highest BCUT2D eigenvalue weighted by atomic mass is 32.2. The third kappa shape index (κ3) is 3.10. The van der Waals surface area contributed by atoms with Crippen LogP contribution in [0, 0.1) is 5.92 Å². The molecule has 0 aromatic heterocycles. The summed E-state index contributed by atoms with van der Waals surface area (Å²) >= 11 is 2.05. The fourth-order valence-electron chi connectivity index (χ4n) is 1.48. The molecule has 0 spiro atoms. The van der Waals surface area contributed by atoms with Crippen LogP contribution in [0.25, 0.3) is 0 Å². The van der Waals surface area contributed by atoms with Crippen LogP contribution in [-0.2, 0) is 0 Å². The number of rotatable bonds is 3. The van der Waals surface area contributed by atoms with Crippen molar-refractivity contribution in [3.8, 4) is 0 Å². The van der Waals surface area contributed by atoms with Gasteiger partial charge in [0.15, 0.2) is 0 Å². The van der Waals surface area contributed by atoms with E-state index in [1.54, 1.807) is 0 Å². The van der Waals surface area contributed by atoms with Crippen molar-refractivity contribution < 1.29 is 0 Å². The molecule has 0 aliphatic carbocycles. The largest absolute Gasteiger partial charge is 0.374 e. The van der Waals surface area contributed by atoms with Gasteiger partial charge in [-0.05, 0) is 12.3 Å². The molecule has 1 nitrogen and oxygen atoms in total. The Balaban J connectivity index is 2.30. The minimum Gasteiger partial charge on any atom is -0.374 e. The highest BCUT2D eigenvalue weighted by molar-refractivity contribution is 7.99. The van der Waals surface area contributed by atoms with Gasteiger partial charge in [-0.25, -0.2) is 0 Å². The van der Waals surface area contributed by atoms with Crippen LogP contribution in [-0.4, -0.2) is 29.5 Å². The molecule has 0 saturated carbocycles. The minimum atomic E-state index is 0.743. The summed E-state index contributed by atoms with van der Waals surface area (Å²) < 4.78 is 0. The molecule has 0 N–H and O–H groups in total. The molecule has 1 saturated heterocycles. The van der Waals surface area contributed by atoms with E-state index in [4.69, 9.17) is 0 Å². The molecule has 1 fully saturated rings. The lowest BCUT2D eigenvalue weighted by molar-refractivity contribution is 0.354. The van der Waals surface area contributed by atoms with Gasteiger partial charge >= 0.3 is 0 Å². The van der Waals surface area contributed by atoms with Crippen LogP contribution in [0.1, 0.15) is 20.3 Å². The molecule has 0 unspecified atom stereocenters. The van der Waals surface area contributed by atoms with Crippen LogP contribution in [0.15, 0.2) is 12.3 Å². The Morgan fingerprint density at radius 3 is 2.50 bits per heavy atom. The van der Waals surface area contributed by atoms with Gasteiger partial charge in [0.1, 0.15) is 0 Å². The predicted octanol–water partition coefficient (Wildman–Crippen LogP) is 2.60. The van der Waals surface area contributed by atoms with Crippen molar-refractivity contribution in [3.05, 3.63) is 12.3 Å². The number of hydrogen-bond donors (Lipinski definition) is 0. The number of allylic oxidation sites excluding steroid dienone is 1. The Morgan fingerprint density at radius 1 is 1.42 bits per heavy atom. The molecule has 0 bridgehead atoms. The Bertz CT molecular complexity index is 148. The summed E-state index contributed by atoms with van der Waals surface area (Å²) in [6.45, 7) is 11.1. The first-order chi connectivity index (χ1) is 5.70. The van der Waals surface area contributed by atoms with Crippen LogP contribution in [0.5, 0.6) is 0 Å². The van der Waals surface area contributed by atoms with E-state index in [0.29, 0.717) is 0 Å². The molecule has 0 amide bonds. The molecule has 12 heavy (non-hydrogen) atoms. The average Bonchev–Trinajstić information content (AvgIpc) is 2.05. The summed E-state index contributed by atoms with van der Waals surface area (Å²) in [4.78, 5) is 2.44. The van der Waals surface area contributed by atoms with Crippen LogP contribution in [0.2, 0.25) is 0 Å². The lowest BCUT2D eigenvalue weighted by Crippen LogP contribution is -2.31. The minimum absolute atomic E-state index is 0.743. The van der Waals surface area contributed by atoms with Gasteiger partial charge in [-0.3, -0.25) is 0 Å². The second kappa shape index (κ2) is 4.80. The Morgan fingerprint density at radius 2 is 2.00 bits per heavy atom. The summed E-state index contributed by atoms with van der Waals surface area (Å²) in [6, 6.07) is 0. The average molecular weight is 185 g/mol. The summed E-state index contributed by atoms with van der Waals surface area (Å²) in [5, 5.41) is 0. The zero-order valence-corrected chi connectivity index (χ0v) is 8.99. The van der Waals surface area contributed by atoms with Crippen molar-refractivity contribution in [1.29, 1.82) is 0 Å². The van der Waals surface area contributed by atoms with Crippen LogP contribution >= 0.6 is 11.8 Å². The van der Waals surface area contributed by atoms with Gasteiger partial charge in [0, 0.05) is 30.3 Å². The number of nitrogens with zero attached hydrogens (tertiary/aromatic N) is 1. The SMILES string of the molecule is C=C(CC(C)C)N1CCSCC1. The third-order valence-electron chi connectivity index (χ3n) is 2.10. The van der Waals surface area contributed by atoms with E-state index >= 15 is 0 Å². The molecule has 0 radical (unpaired) electrons. The van der Waals surface area contributed by atoms with Crippen molar-refractivity contribution in [2.45, 2.75) is 20.3 Å². The van der Waals surface area contributed by atoms with Gasteiger partial charge in [0.25, 0.3) is 0 Å². The summed E-state index contributed by atoms with van der Waals surface area (Å²) in [6.07, 6.45) is 1.16. The first-order valence-corrected chi connectivity index (χ1v) is 5.86. The Kier molecular flexibility index (Phi) is 3.99. The van der Waals surface area contributed by atoms with E-state index in [1.807, 2.05) is 0 Å². The Labute approximate surface area is 80.2 Å². The van der Waals surface area contributed by atoms with Crippen molar-refractivity contribution in [3.63, 3.8) is 0 Å². The molecule has 1 aliphatic rings. The molecular formula is C10H19NS. The first-order valence-electron chi connectivity index (χ1n) is 4.70. The van der Waals surface area contributed by atoms with Gasteiger partial charge < -0.3 is 4.90 Å². The zero-order valence-electron chi connectivity index (χ0n) is 8.18. The quantitative estimate of drug-likeness (QED) is 0.665. The highest BCUT2D eigenvalue weighted by Crippen LogP contribution is 2.18. The molecule has 1 rings (SSSR count). The molecule has 0 atom stereocenters. The maximum atomic E-state index is 4.14. The lowest BCUT2D eigenvalue weighted by Gasteiger charge is -2.30. The zero-order chi connectivity index (χ0) is 8.97. The number of thioether (sulfide) groups is 1. The molecule has 70 valence electrons. The lowest BCUT2D eigenvalue weighted by atomic mass is 10.1. The molecule has 0 aromatic rings. The van der Waals surface area contributed by atoms with Gasteiger partial charge in [-0.1, -0.05) is 20.4 Å². The van der Waals surface area contributed by atoms with E-state index in [9.17, 15) is 0 Å². The van der Waals surface area contributed by atoms with E-state index in [0.717, 1.165) is 12.3 Å². The van der Waals surface area contributed by atoms with Gasteiger partial charge in [0.2, 0.25) is 0 Å². The predicted molar refractivity (Wildman–Crippen MR) is 57.5 cm³/mol. The second-order valence-electron chi connectivity index (χ2n) is 3.76.